The second kappa shape index (κ2) is 5.85. The van der Waals surface area contributed by atoms with Crippen molar-refractivity contribution in [2.75, 3.05) is 28.4 Å². The van der Waals surface area contributed by atoms with Crippen molar-refractivity contribution < 1.29 is 14.2 Å². The molecule has 0 N–H and O–H groups in total. The summed E-state index contributed by atoms with van der Waals surface area (Å²) in [5.74, 6) is 1.74. The molecule has 5 heteroatoms. The molecule has 0 aliphatic rings. The first-order chi connectivity index (χ1) is 8.15. The predicted molar refractivity (Wildman–Crippen MR) is 63.2 cm³/mol. The molecule has 0 aromatic heterocycles. The van der Waals surface area contributed by atoms with Crippen molar-refractivity contribution in [1.82, 2.24) is 4.90 Å². The van der Waals surface area contributed by atoms with Crippen molar-refractivity contribution in [2.45, 2.75) is 6.54 Å². The molecule has 0 aliphatic carbocycles. The first-order valence-corrected chi connectivity index (χ1v) is 5.06. The smallest absolute Gasteiger partial charge is 0.203 e. The maximum Gasteiger partial charge on any atom is 0.203 e. The van der Waals surface area contributed by atoms with E-state index >= 15 is 0 Å². The lowest BCUT2D eigenvalue weighted by atomic mass is 10.1. The van der Waals surface area contributed by atoms with Crippen LogP contribution in [-0.4, -0.2) is 33.3 Å². The lowest BCUT2D eigenvalue weighted by Crippen LogP contribution is -2.10. The lowest BCUT2D eigenvalue weighted by molar-refractivity contribution is 0.323. The normalized spacial score (nSPS) is 9.35. The topological polar surface area (TPSA) is 54.7 Å². The number of hydrogen-bond acceptors (Lipinski definition) is 5. The Morgan fingerprint density at radius 2 is 1.65 bits per heavy atom. The molecule has 0 saturated heterocycles. The summed E-state index contributed by atoms with van der Waals surface area (Å²) in [6.07, 6.45) is 2.04. The molecule has 92 valence electrons. The molecular formula is C12H16N2O3. The summed E-state index contributed by atoms with van der Waals surface area (Å²) in [7, 11) is 6.40. The Morgan fingerprint density at radius 3 is 2.00 bits per heavy atom. The minimum absolute atomic E-state index is 0.493. The first kappa shape index (κ1) is 13.0. The molecule has 0 saturated carbocycles. The van der Waals surface area contributed by atoms with Gasteiger partial charge in [0.25, 0.3) is 0 Å². The third kappa shape index (κ3) is 2.94. The van der Waals surface area contributed by atoms with E-state index in [1.54, 1.807) is 28.4 Å². The maximum atomic E-state index is 8.74. The average molecular weight is 236 g/mol. The van der Waals surface area contributed by atoms with Crippen LogP contribution in [0.5, 0.6) is 17.2 Å². The number of nitriles is 1. The van der Waals surface area contributed by atoms with Gasteiger partial charge in [0.1, 0.15) is 0 Å². The van der Waals surface area contributed by atoms with Crippen molar-refractivity contribution in [3.8, 4) is 23.4 Å². The summed E-state index contributed by atoms with van der Waals surface area (Å²) in [5, 5.41) is 8.74. The second-order valence-electron chi connectivity index (χ2n) is 3.49. The lowest BCUT2D eigenvalue weighted by Gasteiger charge is -2.15. The van der Waals surface area contributed by atoms with Crippen molar-refractivity contribution in [3.63, 3.8) is 0 Å². The van der Waals surface area contributed by atoms with Crippen LogP contribution in [-0.2, 0) is 6.54 Å². The zero-order chi connectivity index (χ0) is 12.8. The van der Waals surface area contributed by atoms with Gasteiger partial charge in [-0.15, -0.1) is 0 Å². The molecule has 0 fully saturated rings. The number of hydrogen-bond donors (Lipinski definition) is 0. The molecule has 1 rings (SSSR count). The van der Waals surface area contributed by atoms with Gasteiger partial charge in [0.15, 0.2) is 17.7 Å². The molecule has 0 spiro atoms. The Kier molecular flexibility index (Phi) is 4.46. The molecule has 17 heavy (non-hydrogen) atoms. The summed E-state index contributed by atoms with van der Waals surface area (Å²) in [5.41, 5.74) is 0.920. The van der Waals surface area contributed by atoms with Crippen molar-refractivity contribution >= 4 is 0 Å². The van der Waals surface area contributed by atoms with Crippen molar-refractivity contribution in [1.29, 1.82) is 5.26 Å². The molecule has 1 aromatic rings. The van der Waals surface area contributed by atoms with Crippen LogP contribution in [0.25, 0.3) is 0 Å². The van der Waals surface area contributed by atoms with E-state index in [9.17, 15) is 0 Å². The van der Waals surface area contributed by atoms with E-state index in [2.05, 4.69) is 0 Å². The molecule has 0 amide bonds. The number of ether oxygens (including phenoxy) is 3. The van der Waals surface area contributed by atoms with E-state index in [4.69, 9.17) is 19.5 Å². The van der Waals surface area contributed by atoms with Crippen LogP contribution in [0.15, 0.2) is 12.1 Å². The van der Waals surface area contributed by atoms with Gasteiger partial charge >= 0.3 is 0 Å². The molecule has 0 bridgehead atoms. The summed E-state index contributed by atoms with van der Waals surface area (Å²) in [4.78, 5) is 1.51. The van der Waals surface area contributed by atoms with Crippen molar-refractivity contribution in [2.24, 2.45) is 0 Å². The van der Waals surface area contributed by atoms with E-state index in [0.717, 1.165) is 5.56 Å². The number of nitrogens with zero attached hydrogens (tertiary/aromatic N) is 2. The Morgan fingerprint density at radius 1 is 1.12 bits per heavy atom. The van der Waals surface area contributed by atoms with Crippen LogP contribution in [0.2, 0.25) is 0 Å². The van der Waals surface area contributed by atoms with Crippen molar-refractivity contribution in [3.05, 3.63) is 17.7 Å². The summed E-state index contributed by atoms with van der Waals surface area (Å²) < 4.78 is 15.7. The Labute approximate surface area is 101 Å². The molecule has 0 atom stereocenters. The van der Waals surface area contributed by atoms with E-state index in [1.807, 2.05) is 18.3 Å². The van der Waals surface area contributed by atoms with Crippen LogP contribution in [0.3, 0.4) is 0 Å². The Balaban J connectivity index is 3.14. The van der Waals surface area contributed by atoms with Gasteiger partial charge in [0, 0.05) is 7.05 Å². The van der Waals surface area contributed by atoms with Crippen LogP contribution < -0.4 is 14.2 Å². The SMILES string of the molecule is COc1cc(CN(C)C#N)cc(OC)c1OC. The zero-order valence-electron chi connectivity index (χ0n) is 10.5. The van der Waals surface area contributed by atoms with Gasteiger partial charge in [-0.25, -0.2) is 0 Å². The summed E-state index contributed by atoms with van der Waals surface area (Å²) in [6, 6.07) is 3.66. The first-order valence-electron chi connectivity index (χ1n) is 5.06. The van der Waals surface area contributed by atoms with E-state index < -0.39 is 0 Å². The van der Waals surface area contributed by atoms with Gasteiger partial charge in [-0.3, -0.25) is 0 Å². The fourth-order valence-corrected chi connectivity index (χ4v) is 1.54. The molecule has 1 aromatic carbocycles. The third-order valence-electron chi connectivity index (χ3n) is 2.31. The number of benzene rings is 1. The van der Waals surface area contributed by atoms with E-state index in [-0.39, 0.29) is 0 Å². The van der Waals surface area contributed by atoms with Gasteiger partial charge in [0.2, 0.25) is 5.75 Å². The Hall–Kier alpha value is -2.09. The van der Waals surface area contributed by atoms with Crippen LogP contribution in [0.1, 0.15) is 5.56 Å². The van der Waals surface area contributed by atoms with Gasteiger partial charge in [-0.2, -0.15) is 5.26 Å². The van der Waals surface area contributed by atoms with Crippen LogP contribution in [0.4, 0.5) is 0 Å². The molecule has 0 heterocycles. The quantitative estimate of drug-likeness (QED) is 0.574. The highest BCUT2D eigenvalue weighted by atomic mass is 16.5. The summed E-state index contributed by atoms with van der Waals surface area (Å²) in [6.45, 7) is 0.493. The monoisotopic (exact) mass is 236 g/mol. The van der Waals surface area contributed by atoms with Crippen LogP contribution >= 0.6 is 0 Å². The zero-order valence-corrected chi connectivity index (χ0v) is 10.5. The highest BCUT2D eigenvalue weighted by Gasteiger charge is 2.13. The fourth-order valence-electron chi connectivity index (χ4n) is 1.54. The average Bonchev–Trinajstić information content (AvgIpc) is 2.37. The maximum absolute atomic E-state index is 8.74. The Bertz CT molecular complexity index is 401. The van der Waals surface area contributed by atoms with E-state index in [0.29, 0.717) is 23.8 Å². The highest BCUT2D eigenvalue weighted by Crippen LogP contribution is 2.38. The highest BCUT2D eigenvalue weighted by molar-refractivity contribution is 5.53. The number of rotatable bonds is 5. The minimum atomic E-state index is 0.493. The molecular weight excluding hydrogens is 220 g/mol. The largest absolute Gasteiger partial charge is 0.493 e. The van der Waals surface area contributed by atoms with Gasteiger partial charge < -0.3 is 19.1 Å². The second-order valence-corrected chi connectivity index (χ2v) is 3.49. The minimum Gasteiger partial charge on any atom is -0.493 e. The van der Waals surface area contributed by atoms with E-state index in [1.165, 1.54) is 4.90 Å². The van der Waals surface area contributed by atoms with Crippen LogP contribution in [0, 0.1) is 11.5 Å². The van der Waals surface area contributed by atoms with Gasteiger partial charge in [-0.05, 0) is 17.7 Å². The predicted octanol–water partition coefficient (Wildman–Crippen LogP) is 1.63. The summed E-state index contributed by atoms with van der Waals surface area (Å²) >= 11 is 0. The molecule has 5 nitrogen and oxygen atoms in total. The molecule has 0 unspecified atom stereocenters. The van der Waals surface area contributed by atoms with Gasteiger partial charge in [0.05, 0.1) is 27.9 Å². The van der Waals surface area contributed by atoms with Gasteiger partial charge in [-0.1, -0.05) is 0 Å². The third-order valence-corrected chi connectivity index (χ3v) is 2.31. The standard InChI is InChI=1S/C12H16N2O3/c1-14(8-13)7-9-5-10(15-2)12(17-4)11(6-9)16-3/h5-6H,7H2,1-4H3. The molecule has 0 aliphatic heterocycles. The molecule has 0 radical (unpaired) electrons. The fraction of sp³-hybridized carbons (Fsp3) is 0.417. The number of methoxy groups -OCH3 is 3.